The van der Waals surface area contributed by atoms with Gasteiger partial charge in [0.05, 0.1) is 26.0 Å². The largest absolute Gasteiger partial charge is 0.497 e. The van der Waals surface area contributed by atoms with E-state index in [4.69, 9.17) is 9.47 Å². The summed E-state index contributed by atoms with van der Waals surface area (Å²) in [6.07, 6.45) is 4.05. The number of benzene rings is 1. The first-order chi connectivity index (χ1) is 12.7. The van der Waals surface area contributed by atoms with Gasteiger partial charge in [-0.2, -0.15) is 0 Å². The van der Waals surface area contributed by atoms with E-state index in [1.165, 1.54) is 0 Å². The van der Waals surface area contributed by atoms with Crippen molar-refractivity contribution < 1.29 is 14.3 Å². The first-order valence-corrected chi connectivity index (χ1v) is 9.08. The third-order valence-electron chi connectivity index (χ3n) is 4.66. The lowest BCUT2D eigenvalue weighted by molar-refractivity contribution is -0.130. The Hall–Kier alpha value is -2.41. The van der Waals surface area contributed by atoms with Crippen molar-refractivity contribution in [3.05, 3.63) is 41.7 Å². The fourth-order valence-corrected chi connectivity index (χ4v) is 3.19. The van der Waals surface area contributed by atoms with Crippen molar-refractivity contribution in [3.63, 3.8) is 0 Å². The predicted octanol–water partition coefficient (Wildman–Crippen LogP) is 2.23. The molecule has 7 nitrogen and oxygen atoms in total. The first-order valence-electron chi connectivity index (χ1n) is 9.08. The maximum Gasteiger partial charge on any atom is 0.222 e. The van der Waals surface area contributed by atoms with Crippen LogP contribution in [0.15, 0.2) is 30.5 Å². The van der Waals surface area contributed by atoms with Crippen LogP contribution in [0.1, 0.15) is 37.1 Å². The van der Waals surface area contributed by atoms with Gasteiger partial charge in [-0.05, 0) is 37.5 Å². The molecule has 1 aliphatic rings. The molecule has 1 aliphatic heterocycles. The van der Waals surface area contributed by atoms with Crippen molar-refractivity contribution in [3.8, 4) is 5.75 Å². The van der Waals surface area contributed by atoms with Crippen LogP contribution >= 0.6 is 0 Å². The number of hydrogen-bond acceptors (Lipinski definition) is 5. The lowest BCUT2D eigenvalue weighted by Crippen LogP contribution is -2.29. The van der Waals surface area contributed by atoms with Crippen LogP contribution in [-0.2, 0) is 22.6 Å². The lowest BCUT2D eigenvalue weighted by atomic mass is 10.1. The first kappa shape index (κ1) is 18.4. The summed E-state index contributed by atoms with van der Waals surface area (Å²) in [4.78, 5) is 14.5. The molecule has 3 rings (SSSR count). The van der Waals surface area contributed by atoms with E-state index in [2.05, 4.69) is 10.3 Å². The molecular formula is C19H26N4O3. The van der Waals surface area contributed by atoms with Crippen molar-refractivity contribution in [1.82, 2.24) is 19.9 Å². The number of carbonyl (C=O) groups is 1. The maximum absolute atomic E-state index is 12.5. The molecule has 0 N–H and O–H groups in total. The minimum atomic E-state index is 0.185. The van der Waals surface area contributed by atoms with Crippen molar-refractivity contribution in [1.29, 1.82) is 0 Å². The third-order valence-corrected chi connectivity index (χ3v) is 4.66. The number of amides is 1. The monoisotopic (exact) mass is 358 g/mol. The van der Waals surface area contributed by atoms with Crippen molar-refractivity contribution in [2.24, 2.45) is 0 Å². The van der Waals surface area contributed by atoms with E-state index < -0.39 is 0 Å². The molecule has 140 valence electrons. The van der Waals surface area contributed by atoms with Gasteiger partial charge in [0.25, 0.3) is 0 Å². The zero-order valence-electron chi connectivity index (χ0n) is 15.4. The second-order valence-corrected chi connectivity index (χ2v) is 6.46. The Morgan fingerprint density at radius 3 is 3.08 bits per heavy atom. The minimum Gasteiger partial charge on any atom is -0.497 e. The maximum atomic E-state index is 12.5. The molecule has 0 spiro atoms. The summed E-state index contributed by atoms with van der Waals surface area (Å²) in [6.45, 7) is 4.55. The van der Waals surface area contributed by atoms with Crippen LogP contribution in [0.2, 0.25) is 0 Å². The highest BCUT2D eigenvalue weighted by Crippen LogP contribution is 2.22. The van der Waals surface area contributed by atoms with Gasteiger partial charge in [0.15, 0.2) is 0 Å². The van der Waals surface area contributed by atoms with Crippen LogP contribution in [0.3, 0.4) is 0 Å². The Bertz CT molecular complexity index is 731. The molecule has 26 heavy (non-hydrogen) atoms. The van der Waals surface area contributed by atoms with Crippen molar-refractivity contribution >= 4 is 5.91 Å². The van der Waals surface area contributed by atoms with Crippen LogP contribution < -0.4 is 4.74 Å². The molecule has 0 aliphatic carbocycles. The quantitative estimate of drug-likeness (QED) is 0.724. The second-order valence-electron chi connectivity index (χ2n) is 6.46. The number of rotatable bonds is 8. The number of ether oxygens (including phenoxy) is 2. The number of hydrogen-bond donors (Lipinski definition) is 0. The number of nitrogens with zero attached hydrogens (tertiary/aromatic N) is 4. The predicted molar refractivity (Wildman–Crippen MR) is 96.9 cm³/mol. The molecule has 0 bridgehead atoms. The Morgan fingerprint density at radius 1 is 1.38 bits per heavy atom. The topological polar surface area (TPSA) is 69.5 Å². The molecule has 0 saturated carbocycles. The van der Waals surface area contributed by atoms with Gasteiger partial charge in [-0.3, -0.25) is 4.79 Å². The number of aromatic nitrogens is 3. The Kier molecular flexibility index (Phi) is 6.22. The average Bonchev–Trinajstić information content (AvgIpc) is 3.34. The summed E-state index contributed by atoms with van der Waals surface area (Å²) >= 11 is 0. The molecule has 1 aromatic heterocycles. The second kappa shape index (κ2) is 8.80. The van der Waals surface area contributed by atoms with E-state index >= 15 is 0 Å². The van der Waals surface area contributed by atoms with Crippen LogP contribution in [0.5, 0.6) is 5.75 Å². The van der Waals surface area contributed by atoms with Gasteiger partial charge < -0.3 is 14.4 Å². The van der Waals surface area contributed by atoms with E-state index in [0.29, 0.717) is 26.2 Å². The molecule has 1 fully saturated rings. The molecule has 1 saturated heterocycles. The SMILES string of the molecule is CCOCc1cn(C2CCN(C(=O)CCc3cccc(OC)c3)C2)nn1. The highest BCUT2D eigenvalue weighted by atomic mass is 16.5. The zero-order valence-corrected chi connectivity index (χ0v) is 15.4. The molecule has 7 heteroatoms. The van der Waals surface area contributed by atoms with Gasteiger partial charge in [-0.1, -0.05) is 17.3 Å². The highest BCUT2D eigenvalue weighted by Gasteiger charge is 2.28. The third kappa shape index (κ3) is 4.60. The summed E-state index contributed by atoms with van der Waals surface area (Å²) in [7, 11) is 1.65. The molecule has 2 aromatic rings. The van der Waals surface area contributed by atoms with Gasteiger partial charge in [0.2, 0.25) is 5.91 Å². The van der Waals surface area contributed by atoms with E-state index in [1.807, 2.05) is 47.0 Å². The minimum absolute atomic E-state index is 0.185. The summed E-state index contributed by atoms with van der Waals surface area (Å²) in [6, 6.07) is 8.06. The van der Waals surface area contributed by atoms with Crippen LogP contribution in [0, 0.1) is 0 Å². The average molecular weight is 358 g/mol. The highest BCUT2D eigenvalue weighted by molar-refractivity contribution is 5.76. The number of likely N-dealkylation sites (tertiary alicyclic amines) is 1. The van der Waals surface area contributed by atoms with Gasteiger partial charge in [0, 0.05) is 26.1 Å². The fraction of sp³-hybridized carbons (Fsp3) is 0.526. The van der Waals surface area contributed by atoms with Crippen LogP contribution in [0.4, 0.5) is 0 Å². The standard InChI is InChI=1S/C19H26N4O3/c1-3-26-14-16-12-23(21-20-16)17-9-10-22(13-17)19(24)8-7-15-5-4-6-18(11-15)25-2/h4-6,11-12,17H,3,7-10,13-14H2,1-2H3. The number of aryl methyl sites for hydroxylation is 1. The van der Waals surface area contributed by atoms with Crippen LogP contribution in [0.25, 0.3) is 0 Å². The zero-order chi connectivity index (χ0) is 18.4. The Morgan fingerprint density at radius 2 is 2.27 bits per heavy atom. The van der Waals surface area contributed by atoms with Gasteiger partial charge in [0.1, 0.15) is 11.4 Å². The molecule has 1 atom stereocenters. The van der Waals surface area contributed by atoms with E-state index in [9.17, 15) is 4.79 Å². The number of methoxy groups -OCH3 is 1. The normalized spacial score (nSPS) is 16.8. The van der Waals surface area contributed by atoms with Gasteiger partial charge in [-0.15, -0.1) is 5.10 Å². The molecule has 1 amide bonds. The van der Waals surface area contributed by atoms with E-state index in [0.717, 1.165) is 36.4 Å². The van der Waals surface area contributed by atoms with Crippen molar-refractivity contribution in [2.75, 3.05) is 26.8 Å². The molecule has 1 aromatic carbocycles. The lowest BCUT2D eigenvalue weighted by Gasteiger charge is -2.16. The van der Waals surface area contributed by atoms with Gasteiger partial charge in [-0.25, -0.2) is 4.68 Å². The van der Waals surface area contributed by atoms with E-state index in [-0.39, 0.29) is 11.9 Å². The molecule has 2 heterocycles. The summed E-state index contributed by atoms with van der Waals surface area (Å²) < 4.78 is 12.5. The fourth-order valence-electron chi connectivity index (χ4n) is 3.19. The molecule has 0 radical (unpaired) electrons. The van der Waals surface area contributed by atoms with Gasteiger partial charge >= 0.3 is 0 Å². The summed E-state index contributed by atoms with van der Waals surface area (Å²) in [5, 5.41) is 8.33. The number of carbonyl (C=O) groups excluding carboxylic acids is 1. The van der Waals surface area contributed by atoms with E-state index in [1.54, 1.807) is 7.11 Å². The van der Waals surface area contributed by atoms with Crippen molar-refractivity contribution in [2.45, 2.75) is 38.8 Å². The molecule has 1 unspecified atom stereocenters. The summed E-state index contributed by atoms with van der Waals surface area (Å²) in [5.41, 5.74) is 1.94. The summed E-state index contributed by atoms with van der Waals surface area (Å²) in [5.74, 6) is 1.01. The molecular weight excluding hydrogens is 332 g/mol. The van der Waals surface area contributed by atoms with Crippen LogP contribution in [-0.4, -0.2) is 52.6 Å². The Balaban J connectivity index is 1.49. The smallest absolute Gasteiger partial charge is 0.222 e. The Labute approximate surface area is 153 Å².